The van der Waals surface area contributed by atoms with Crippen molar-refractivity contribution in [3.8, 4) is 5.75 Å². The zero-order chi connectivity index (χ0) is 17.1. The largest absolute Gasteiger partial charge is 0.491 e. The quantitative estimate of drug-likeness (QED) is 0.749. The van der Waals surface area contributed by atoms with Crippen molar-refractivity contribution in [3.05, 3.63) is 53.9 Å². The topological polar surface area (TPSA) is 67.0 Å². The third-order valence-electron chi connectivity index (χ3n) is 3.54. The molecular weight excluding hydrogens is 302 g/mol. The van der Waals surface area contributed by atoms with E-state index in [1.807, 2.05) is 63.2 Å². The lowest BCUT2D eigenvalue weighted by molar-refractivity contribution is -0.115. The summed E-state index contributed by atoms with van der Waals surface area (Å²) >= 11 is 0. The molecule has 5 heteroatoms. The summed E-state index contributed by atoms with van der Waals surface area (Å²) in [4.78, 5) is 19.8. The molecule has 3 rings (SSSR count). The van der Waals surface area contributed by atoms with Crippen molar-refractivity contribution >= 4 is 22.6 Å². The van der Waals surface area contributed by atoms with Crippen LogP contribution in [0, 0.1) is 6.92 Å². The van der Waals surface area contributed by atoms with E-state index in [9.17, 15) is 4.79 Å². The molecule has 5 nitrogen and oxygen atoms in total. The minimum atomic E-state index is -0.0527. The van der Waals surface area contributed by atoms with E-state index >= 15 is 0 Å². The number of hydrogen-bond acceptors (Lipinski definition) is 3. The number of anilines is 1. The van der Waals surface area contributed by atoms with Crippen molar-refractivity contribution in [2.75, 3.05) is 5.32 Å². The number of fused-ring (bicyclic) bond motifs is 1. The second kappa shape index (κ2) is 6.74. The summed E-state index contributed by atoms with van der Waals surface area (Å²) in [6.45, 7) is 5.88. The van der Waals surface area contributed by atoms with E-state index in [0.717, 1.165) is 33.9 Å². The van der Waals surface area contributed by atoms with Crippen LogP contribution >= 0.6 is 0 Å². The molecule has 0 unspecified atom stereocenters. The second-order valence-corrected chi connectivity index (χ2v) is 6.09. The van der Waals surface area contributed by atoms with E-state index in [-0.39, 0.29) is 12.0 Å². The van der Waals surface area contributed by atoms with Gasteiger partial charge in [0.05, 0.1) is 23.6 Å². The number of carbonyl (C=O) groups excluding carboxylic acids is 1. The number of rotatable bonds is 5. The number of ether oxygens (including phenoxy) is 1. The number of aryl methyl sites for hydroxylation is 1. The third-order valence-corrected chi connectivity index (χ3v) is 3.54. The van der Waals surface area contributed by atoms with Gasteiger partial charge in [0.25, 0.3) is 0 Å². The van der Waals surface area contributed by atoms with E-state index in [2.05, 4.69) is 15.3 Å². The summed E-state index contributed by atoms with van der Waals surface area (Å²) in [5.74, 6) is 1.61. The first-order valence-corrected chi connectivity index (χ1v) is 8.01. The number of benzene rings is 2. The number of amides is 1. The first kappa shape index (κ1) is 16.1. The lowest BCUT2D eigenvalue weighted by atomic mass is 10.1. The minimum Gasteiger partial charge on any atom is -0.491 e. The average Bonchev–Trinajstić information content (AvgIpc) is 2.88. The Morgan fingerprint density at radius 2 is 1.96 bits per heavy atom. The molecule has 0 aliphatic carbocycles. The van der Waals surface area contributed by atoms with Crippen molar-refractivity contribution in [3.63, 3.8) is 0 Å². The molecule has 2 N–H and O–H groups in total. The number of imidazole rings is 1. The van der Waals surface area contributed by atoms with Gasteiger partial charge in [-0.2, -0.15) is 0 Å². The van der Waals surface area contributed by atoms with Crippen molar-refractivity contribution in [2.45, 2.75) is 33.3 Å². The van der Waals surface area contributed by atoms with Gasteiger partial charge >= 0.3 is 0 Å². The molecule has 0 saturated heterocycles. The maximum atomic E-state index is 12.2. The van der Waals surface area contributed by atoms with Crippen LogP contribution in [0.25, 0.3) is 11.0 Å². The Morgan fingerprint density at radius 1 is 1.21 bits per heavy atom. The monoisotopic (exact) mass is 323 g/mol. The minimum absolute atomic E-state index is 0.0527. The first-order chi connectivity index (χ1) is 11.5. The summed E-state index contributed by atoms with van der Waals surface area (Å²) in [5, 5.41) is 2.90. The van der Waals surface area contributed by atoms with Gasteiger partial charge in [-0.25, -0.2) is 4.98 Å². The second-order valence-electron chi connectivity index (χ2n) is 6.09. The Labute approximate surface area is 141 Å². The molecule has 0 fully saturated rings. The van der Waals surface area contributed by atoms with Gasteiger partial charge in [-0.3, -0.25) is 4.79 Å². The molecule has 0 spiro atoms. The molecule has 124 valence electrons. The van der Waals surface area contributed by atoms with Gasteiger partial charge in [0.2, 0.25) is 5.91 Å². The van der Waals surface area contributed by atoms with Crippen molar-refractivity contribution in [1.82, 2.24) is 9.97 Å². The molecule has 0 aliphatic rings. The molecule has 1 amide bonds. The summed E-state index contributed by atoms with van der Waals surface area (Å²) in [5.41, 5.74) is 3.57. The Hall–Kier alpha value is -2.82. The van der Waals surface area contributed by atoms with Gasteiger partial charge in [0, 0.05) is 5.69 Å². The van der Waals surface area contributed by atoms with Gasteiger partial charge in [0.15, 0.2) is 0 Å². The SMILES string of the molecule is Cc1nc2ccc(CC(=O)Nc3ccc(OC(C)C)cc3)cc2[nH]1. The van der Waals surface area contributed by atoms with Crippen molar-refractivity contribution < 1.29 is 9.53 Å². The Balaban J connectivity index is 1.63. The molecule has 2 aromatic carbocycles. The molecule has 0 saturated carbocycles. The van der Waals surface area contributed by atoms with E-state index in [0.29, 0.717) is 6.42 Å². The van der Waals surface area contributed by atoms with Gasteiger partial charge in [-0.1, -0.05) is 6.07 Å². The van der Waals surface area contributed by atoms with E-state index in [1.54, 1.807) is 0 Å². The number of nitrogens with zero attached hydrogens (tertiary/aromatic N) is 1. The standard InChI is InChI=1S/C19H21N3O2/c1-12(2)24-16-7-5-15(6-8-16)22-19(23)11-14-4-9-17-18(10-14)21-13(3)20-17/h4-10,12H,11H2,1-3H3,(H,20,21)(H,22,23). The number of aromatic amines is 1. The van der Waals surface area contributed by atoms with Gasteiger partial charge in [-0.05, 0) is 62.7 Å². The van der Waals surface area contributed by atoms with Gasteiger partial charge < -0.3 is 15.0 Å². The van der Waals surface area contributed by atoms with Crippen LogP contribution in [0.1, 0.15) is 25.2 Å². The highest BCUT2D eigenvalue weighted by molar-refractivity contribution is 5.92. The molecule has 1 aromatic heterocycles. The van der Waals surface area contributed by atoms with Crippen LogP contribution in [-0.4, -0.2) is 22.0 Å². The van der Waals surface area contributed by atoms with Gasteiger partial charge in [0.1, 0.15) is 11.6 Å². The van der Waals surface area contributed by atoms with Crippen molar-refractivity contribution in [1.29, 1.82) is 0 Å². The summed E-state index contributed by atoms with van der Waals surface area (Å²) in [7, 11) is 0. The Bertz CT molecular complexity index is 851. The van der Waals surface area contributed by atoms with E-state index in [1.165, 1.54) is 0 Å². The first-order valence-electron chi connectivity index (χ1n) is 8.01. The van der Waals surface area contributed by atoms with Crippen LogP contribution in [0.15, 0.2) is 42.5 Å². The fraction of sp³-hybridized carbons (Fsp3) is 0.263. The predicted octanol–water partition coefficient (Wildman–Crippen LogP) is 3.84. The molecule has 0 radical (unpaired) electrons. The molecule has 3 aromatic rings. The van der Waals surface area contributed by atoms with Crippen molar-refractivity contribution in [2.24, 2.45) is 0 Å². The summed E-state index contributed by atoms with van der Waals surface area (Å²) in [6.07, 6.45) is 0.449. The highest BCUT2D eigenvalue weighted by Gasteiger charge is 2.07. The molecular formula is C19H21N3O2. The fourth-order valence-corrected chi connectivity index (χ4v) is 2.57. The van der Waals surface area contributed by atoms with Crippen LogP contribution in [0.2, 0.25) is 0 Å². The number of H-pyrrole nitrogens is 1. The maximum Gasteiger partial charge on any atom is 0.228 e. The zero-order valence-electron chi connectivity index (χ0n) is 14.1. The smallest absolute Gasteiger partial charge is 0.228 e. The van der Waals surface area contributed by atoms with Crippen LogP contribution in [0.3, 0.4) is 0 Å². The van der Waals surface area contributed by atoms with E-state index < -0.39 is 0 Å². The normalized spacial score (nSPS) is 11.0. The zero-order valence-corrected chi connectivity index (χ0v) is 14.1. The number of carbonyl (C=O) groups is 1. The fourth-order valence-electron chi connectivity index (χ4n) is 2.57. The molecule has 0 bridgehead atoms. The maximum absolute atomic E-state index is 12.2. The highest BCUT2D eigenvalue weighted by Crippen LogP contribution is 2.18. The van der Waals surface area contributed by atoms with Crippen LogP contribution in [0.5, 0.6) is 5.75 Å². The highest BCUT2D eigenvalue weighted by atomic mass is 16.5. The van der Waals surface area contributed by atoms with E-state index in [4.69, 9.17) is 4.74 Å². The third kappa shape index (κ3) is 3.93. The number of nitrogens with one attached hydrogen (secondary N) is 2. The van der Waals surface area contributed by atoms with Crippen LogP contribution in [0.4, 0.5) is 5.69 Å². The van der Waals surface area contributed by atoms with Gasteiger partial charge in [-0.15, -0.1) is 0 Å². The molecule has 0 atom stereocenters. The molecule has 24 heavy (non-hydrogen) atoms. The molecule has 0 aliphatic heterocycles. The Morgan fingerprint density at radius 3 is 2.67 bits per heavy atom. The number of aromatic nitrogens is 2. The predicted molar refractivity (Wildman–Crippen MR) is 95.4 cm³/mol. The Kier molecular flexibility index (Phi) is 4.51. The molecule has 1 heterocycles. The lowest BCUT2D eigenvalue weighted by Crippen LogP contribution is -2.14. The van der Waals surface area contributed by atoms with Crippen LogP contribution < -0.4 is 10.1 Å². The average molecular weight is 323 g/mol. The summed E-state index contributed by atoms with van der Waals surface area (Å²) < 4.78 is 5.59. The lowest BCUT2D eigenvalue weighted by Gasteiger charge is -2.10. The van der Waals surface area contributed by atoms with Crippen LogP contribution in [-0.2, 0) is 11.2 Å². The number of hydrogen-bond donors (Lipinski definition) is 2. The summed E-state index contributed by atoms with van der Waals surface area (Å²) in [6, 6.07) is 13.2.